The van der Waals surface area contributed by atoms with E-state index in [-0.39, 0.29) is 0 Å². The van der Waals surface area contributed by atoms with Crippen molar-refractivity contribution in [2.45, 2.75) is 13.3 Å². The summed E-state index contributed by atoms with van der Waals surface area (Å²) in [5.74, 6) is 0. The van der Waals surface area contributed by atoms with E-state index in [9.17, 15) is 0 Å². The number of halogens is 2. The molecule has 1 aromatic carbocycles. The van der Waals surface area contributed by atoms with Crippen LogP contribution >= 0.6 is 38.9 Å². The molecule has 0 aliphatic heterocycles. The zero-order valence-electron chi connectivity index (χ0n) is 8.26. The Kier molecular flexibility index (Phi) is 3.49. The first-order chi connectivity index (χ1) is 7.16. The minimum absolute atomic E-state index is 0.808. The number of benzene rings is 1. The monoisotopic (exact) mass is 300 g/mol. The van der Waals surface area contributed by atoms with Crippen molar-refractivity contribution in [3.63, 3.8) is 0 Å². The van der Waals surface area contributed by atoms with Crippen molar-refractivity contribution in [2.75, 3.05) is 0 Å². The van der Waals surface area contributed by atoms with Gasteiger partial charge < -0.3 is 0 Å². The molecule has 2 aromatic rings. The first-order valence-electron chi connectivity index (χ1n) is 4.63. The van der Waals surface area contributed by atoms with Crippen molar-refractivity contribution in [3.8, 4) is 0 Å². The van der Waals surface area contributed by atoms with Gasteiger partial charge in [0.25, 0.3) is 0 Å². The van der Waals surface area contributed by atoms with Gasteiger partial charge in [-0.2, -0.15) is 0 Å². The number of hydrogen-bond donors (Lipinski definition) is 0. The molecule has 0 fully saturated rings. The standard InChI is InChI=1S/C12H10BrClS/c1-8-5-10(14)6-9(12(8)13)7-11-3-2-4-15-11/h2-6H,7H2,1H3. The maximum atomic E-state index is 6.04. The maximum Gasteiger partial charge on any atom is 0.0412 e. The molecule has 1 heterocycles. The molecule has 0 aliphatic rings. The Bertz CT molecular complexity index is 463. The zero-order chi connectivity index (χ0) is 10.8. The lowest BCUT2D eigenvalue weighted by molar-refractivity contribution is 1.20. The lowest BCUT2D eigenvalue weighted by atomic mass is 10.1. The third-order valence-electron chi connectivity index (χ3n) is 2.24. The van der Waals surface area contributed by atoms with E-state index < -0.39 is 0 Å². The summed E-state index contributed by atoms with van der Waals surface area (Å²) in [5.41, 5.74) is 2.44. The molecule has 78 valence electrons. The summed E-state index contributed by atoms with van der Waals surface area (Å²) in [4.78, 5) is 1.36. The summed E-state index contributed by atoms with van der Waals surface area (Å²) in [6.07, 6.45) is 0.944. The van der Waals surface area contributed by atoms with E-state index in [0.29, 0.717) is 0 Å². The number of thiophene rings is 1. The first-order valence-corrected chi connectivity index (χ1v) is 6.69. The highest BCUT2D eigenvalue weighted by molar-refractivity contribution is 9.10. The Labute approximate surface area is 107 Å². The Morgan fingerprint density at radius 3 is 2.87 bits per heavy atom. The Hall–Kier alpha value is -0.310. The van der Waals surface area contributed by atoms with Gasteiger partial charge in [0.05, 0.1) is 0 Å². The van der Waals surface area contributed by atoms with Crippen LogP contribution < -0.4 is 0 Å². The van der Waals surface area contributed by atoms with E-state index in [1.165, 1.54) is 20.5 Å². The number of rotatable bonds is 2. The average molecular weight is 302 g/mol. The molecule has 0 radical (unpaired) electrons. The van der Waals surface area contributed by atoms with Gasteiger partial charge >= 0.3 is 0 Å². The second-order valence-electron chi connectivity index (χ2n) is 3.45. The molecule has 3 heteroatoms. The lowest BCUT2D eigenvalue weighted by Gasteiger charge is -2.07. The maximum absolute atomic E-state index is 6.04. The molecular formula is C12H10BrClS. The molecule has 0 atom stereocenters. The van der Waals surface area contributed by atoms with Gasteiger partial charge in [0.1, 0.15) is 0 Å². The van der Waals surface area contributed by atoms with Crippen LogP contribution in [0.25, 0.3) is 0 Å². The Balaban J connectivity index is 2.36. The Morgan fingerprint density at radius 1 is 1.40 bits per heavy atom. The average Bonchev–Trinajstić information content (AvgIpc) is 2.66. The smallest absolute Gasteiger partial charge is 0.0412 e. The van der Waals surface area contributed by atoms with E-state index in [4.69, 9.17) is 11.6 Å². The van der Waals surface area contributed by atoms with Gasteiger partial charge in [0.15, 0.2) is 0 Å². The van der Waals surface area contributed by atoms with E-state index in [0.717, 1.165) is 11.4 Å². The predicted octanol–water partition coefficient (Wildman–Crippen LogP) is 5.06. The van der Waals surface area contributed by atoms with E-state index >= 15 is 0 Å². The lowest BCUT2D eigenvalue weighted by Crippen LogP contribution is -1.89. The summed E-state index contributed by atoms with van der Waals surface area (Å²) in [6.45, 7) is 2.06. The van der Waals surface area contributed by atoms with Gasteiger partial charge in [-0.15, -0.1) is 11.3 Å². The van der Waals surface area contributed by atoms with Gasteiger partial charge in [-0.3, -0.25) is 0 Å². The van der Waals surface area contributed by atoms with Crippen LogP contribution in [0.1, 0.15) is 16.0 Å². The highest BCUT2D eigenvalue weighted by Crippen LogP contribution is 2.28. The van der Waals surface area contributed by atoms with Gasteiger partial charge in [-0.1, -0.05) is 33.6 Å². The highest BCUT2D eigenvalue weighted by Gasteiger charge is 2.06. The summed E-state index contributed by atoms with van der Waals surface area (Å²) in [5, 5.41) is 2.91. The van der Waals surface area contributed by atoms with Crippen LogP contribution in [-0.4, -0.2) is 0 Å². The zero-order valence-corrected chi connectivity index (χ0v) is 11.4. The molecule has 1 aromatic heterocycles. The van der Waals surface area contributed by atoms with Crippen LogP contribution in [0.3, 0.4) is 0 Å². The second-order valence-corrected chi connectivity index (χ2v) is 5.71. The molecule has 0 bridgehead atoms. The third kappa shape index (κ3) is 2.63. The van der Waals surface area contributed by atoms with Crippen molar-refractivity contribution < 1.29 is 0 Å². The summed E-state index contributed by atoms with van der Waals surface area (Å²) in [6, 6.07) is 8.22. The molecule has 0 aliphatic carbocycles. The van der Waals surface area contributed by atoms with Crippen molar-refractivity contribution in [1.82, 2.24) is 0 Å². The van der Waals surface area contributed by atoms with Gasteiger partial charge in [0, 0.05) is 20.8 Å². The van der Waals surface area contributed by atoms with E-state index in [2.05, 4.69) is 40.4 Å². The molecule has 0 unspecified atom stereocenters. The Morgan fingerprint density at radius 2 is 2.20 bits per heavy atom. The van der Waals surface area contributed by atoms with Crippen molar-refractivity contribution in [2.24, 2.45) is 0 Å². The molecule has 0 saturated heterocycles. The molecular weight excluding hydrogens is 292 g/mol. The van der Waals surface area contributed by atoms with Crippen LogP contribution in [-0.2, 0) is 6.42 Å². The van der Waals surface area contributed by atoms with Crippen molar-refractivity contribution >= 4 is 38.9 Å². The van der Waals surface area contributed by atoms with Crippen LogP contribution in [0.15, 0.2) is 34.1 Å². The molecule has 2 rings (SSSR count). The van der Waals surface area contributed by atoms with Crippen molar-refractivity contribution in [1.29, 1.82) is 0 Å². The van der Waals surface area contributed by atoms with Gasteiger partial charge in [-0.05, 0) is 41.6 Å². The topological polar surface area (TPSA) is 0 Å². The van der Waals surface area contributed by atoms with Crippen molar-refractivity contribution in [3.05, 3.63) is 55.1 Å². The van der Waals surface area contributed by atoms with Crippen LogP contribution in [0.5, 0.6) is 0 Å². The third-order valence-corrected chi connectivity index (χ3v) is 4.47. The fourth-order valence-corrected chi connectivity index (χ4v) is 2.92. The van der Waals surface area contributed by atoms with E-state index in [1.807, 2.05) is 12.1 Å². The fourth-order valence-electron chi connectivity index (χ4n) is 1.52. The van der Waals surface area contributed by atoms with Gasteiger partial charge in [0.2, 0.25) is 0 Å². The molecule has 15 heavy (non-hydrogen) atoms. The van der Waals surface area contributed by atoms with E-state index in [1.54, 1.807) is 11.3 Å². The molecule has 0 spiro atoms. The predicted molar refractivity (Wildman–Crippen MR) is 71.0 cm³/mol. The molecule has 0 saturated carbocycles. The quantitative estimate of drug-likeness (QED) is 0.727. The SMILES string of the molecule is Cc1cc(Cl)cc(Cc2cccs2)c1Br. The minimum Gasteiger partial charge on any atom is -0.149 e. The highest BCUT2D eigenvalue weighted by atomic mass is 79.9. The second kappa shape index (κ2) is 4.69. The summed E-state index contributed by atoms with van der Waals surface area (Å²) in [7, 11) is 0. The largest absolute Gasteiger partial charge is 0.149 e. The molecule has 0 N–H and O–H groups in total. The van der Waals surface area contributed by atoms with Crippen LogP contribution in [0.2, 0.25) is 5.02 Å². The summed E-state index contributed by atoms with van der Waals surface area (Å²) >= 11 is 11.4. The fraction of sp³-hybridized carbons (Fsp3) is 0.167. The molecule has 0 nitrogen and oxygen atoms in total. The molecule has 0 amide bonds. The number of hydrogen-bond acceptors (Lipinski definition) is 1. The summed E-state index contributed by atoms with van der Waals surface area (Å²) < 4.78 is 1.17. The van der Waals surface area contributed by atoms with Gasteiger partial charge in [-0.25, -0.2) is 0 Å². The minimum atomic E-state index is 0.808. The first kappa shape index (κ1) is 11.2. The van der Waals surface area contributed by atoms with Crippen LogP contribution in [0, 0.1) is 6.92 Å². The van der Waals surface area contributed by atoms with Crippen LogP contribution in [0.4, 0.5) is 0 Å². The number of aryl methyl sites for hydroxylation is 1. The normalized spacial score (nSPS) is 10.6.